The third-order valence-corrected chi connectivity index (χ3v) is 2.62. The van der Waals surface area contributed by atoms with Crippen LogP contribution < -0.4 is 5.32 Å². The molecule has 16 heavy (non-hydrogen) atoms. The zero-order chi connectivity index (χ0) is 11.9. The molecule has 88 valence electrons. The molecule has 1 saturated heterocycles. The van der Waals surface area contributed by atoms with Crippen molar-refractivity contribution in [3.8, 4) is 0 Å². The lowest BCUT2D eigenvalue weighted by Gasteiger charge is -2.28. The van der Waals surface area contributed by atoms with Crippen molar-refractivity contribution in [2.75, 3.05) is 6.54 Å². The Bertz CT molecular complexity index is 408. The number of hydrogen-bond acceptors (Lipinski definition) is 1. The molecule has 1 aromatic carbocycles. The number of benzene rings is 1. The second kappa shape index (κ2) is 3.69. The van der Waals surface area contributed by atoms with Crippen molar-refractivity contribution in [3.05, 3.63) is 34.9 Å². The Balaban J connectivity index is 2.43. The molecular weight excluding hydrogens is 229 g/mol. The van der Waals surface area contributed by atoms with Gasteiger partial charge in [0.2, 0.25) is 0 Å². The summed E-state index contributed by atoms with van der Waals surface area (Å²) >= 11 is 0. The maximum Gasteiger partial charge on any atom is 0.419 e. The van der Waals surface area contributed by atoms with Gasteiger partial charge in [0.15, 0.2) is 11.6 Å². The van der Waals surface area contributed by atoms with E-state index >= 15 is 0 Å². The van der Waals surface area contributed by atoms with Crippen LogP contribution in [0.15, 0.2) is 12.1 Å². The molecule has 1 aliphatic rings. The third-order valence-electron chi connectivity index (χ3n) is 2.62. The smallest absolute Gasteiger partial charge is 0.310 e. The average Bonchev–Trinajstić information content (AvgIpc) is 2.07. The molecule has 1 unspecified atom stereocenters. The number of halogens is 5. The van der Waals surface area contributed by atoms with Crippen LogP contribution in [0.25, 0.3) is 0 Å². The minimum absolute atomic E-state index is 0.0447. The van der Waals surface area contributed by atoms with Crippen LogP contribution >= 0.6 is 0 Å². The highest BCUT2D eigenvalue weighted by molar-refractivity contribution is 5.31. The first-order valence-corrected chi connectivity index (χ1v) is 4.69. The fourth-order valence-electron chi connectivity index (χ4n) is 1.61. The van der Waals surface area contributed by atoms with Gasteiger partial charge >= 0.3 is 6.18 Å². The average molecular weight is 237 g/mol. The summed E-state index contributed by atoms with van der Waals surface area (Å²) in [6.45, 7) is 0.659. The maximum absolute atomic E-state index is 13.3. The minimum atomic E-state index is -4.86. The molecule has 1 aromatic rings. The van der Waals surface area contributed by atoms with E-state index in [-0.39, 0.29) is 11.6 Å². The second-order valence-electron chi connectivity index (χ2n) is 3.62. The van der Waals surface area contributed by atoms with Crippen LogP contribution in [0.2, 0.25) is 0 Å². The molecule has 1 fully saturated rings. The van der Waals surface area contributed by atoms with E-state index in [9.17, 15) is 22.0 Å². The highest BCUT2D eigenvalue weighted by atomic mass is 19.4. The first-order valence-electron chi connectivity index (χ1n) is 4.69. The van der Waals surface area contributed by atoms with E-state index in [0.717, 1.165) is 6.07 Å². The van der Waals surface area contributed by atoms with Gasteiger partial charge in [-0.15, -0.1) is 0 Å². The molecule has 0 aromatic heterocycles. The highest BCUT2D eigenvalue weighted by Crippen LogP contribution is 2.35. The van der Waals surface area contributed by atoms with Gasteiger partial charge in [-0.25, -0.2) is 8.78 Å². The Labute approximate surface area is 88.3 Å². The molecule has 0 bridgehead atoms. The first kappa shape index (κ1) is 11.3. The SMILES string of the molecule is Fc1c(C2CCN2)ccc(C(F)(F)F)c1F. The zero-order valence-corrected chi connectivity index (χ0v) is 8.04. The quantitative estimate of drug-likeness (QED) is 0.740. The first-order chi connectivity index (χ1) is 7.41. The topological polar surface area (TPSA) is 12.0 Å². The van der Waals surface area contributed by atoms with Gasteiger partial charge in [0.25, 0.3) is 0 Å². The Morgan fingerprint density at radius 3 is 2.19 bits per heavy atom. The summed E-state index contributed by atoms with van der Waals surface area (Å²) in [6.07, 6.45) is -4.27. The summed E-state index contributed by atoms with van der Waals surface area (Å²) in [5.41, 5.74) is -1.61. The van der Waals surface area contributed by atoms with E-state index in [2.05, 4.69) is 5.32 Å². The molecule has 6 heteroatoms. The van der Waals surface area contributed by atoms with Crippen LogP contribution in [0.3, 0.4) is 0 Å². The highest BCUT2D eigenvalue weighted by Gasteiger charge is 2.37. The molecular formula is C10H8F5N. The van der Waals surface area contributed by atoms with E-state index in [1.165, 1.54) is 0 Å². The number of nitrogens with one attached hydrogen (secondary N) is 1. The molecule has 0 saturated carbocycles. The summed E-state index contributed by atoms with van der Waals surface area (Å²) < 4.78 is 63.2. The van der Waals surface area contributed by atoms with Gasteiger partial charge in [0, 0.05) is 11.6 Å². The summed E-state index contributed by atoms with van der Waals surface area (Å²) in [5.74, 6) is -3.23. The Hall–Kier alpha value is -1.17. The van der Waals surface area contributed by atoms with Crippen LogP contribution in [-0.4, -0.2) is 6.54 Å². The van der Waals surface area contributed by atoms with E-state index in [1.807, 2.05) is 0 Å². The van der Waals surface area contributed by atoms with Gasteiger partial charge in [-0.2, -0.15) is 13.2 Å². The summed E-state index contributed by atoms with van der Waals surface area (Å²) in [4.78, 5) is 0. The Morgan fingerprint density at radius 1 is 1.12 bits per heavy atom. The van der Waals surface area contributed by atoms with Crippen molar-refractivity contribution in [2.24, 2.45) is 0 Å². The molecule has 0 spiro atoms. The van der Waals surface area contributed by atoms with Crippen molar-refractivity contribution in [1.82, 2.24) is 5.32 Å². The molecule has 1 heterocycles. The normalized spacial score (nSPS) is 20.7. The van der Waals surface area contributed by atoms with Crippen molar-refractivity contribution in [1.29, 1.82) is 0 Å². The van der Waals surface area contributed by atoms with Gasteiger partial charge < -0.3 is 5.32 Å². The Kier molecular flexibility index (Phi) is 2.61. The van der Waals surface area contributed by atoms with Crippen molar-refractivity contribution in [3.63, 3.8) is 0 Å². The third kappa shape index (κ3) is 1.77. The lowest BCUT2D eigenvalue weighted by atomic mass is 9.96. The maximum atomic E-state index is 13.3. The zero-order valence-electron chi connectivity index (χ0n) is 8.04. The summed E-state index contributed by atoms with van der Waals surface area (Å²) in [7, 11) is 0. The standard InChI is InChI=1S/C10H8F5N/c11-8-5(7-3-4-16-7)1-2-6(9(8)12)10(13,14)15/h1-2,7,16H,3-4H2. The summed E-state index contributed by atoms with van der Waals surface area (Å²) in [5, 5.41) is 2.80. The van der Waals surface area contributed by atoms with E-state index in [0.29, 0.717) is 19.0 Å². The lowest BCUT2D eigenvalue weighted by Crippen LogP contribution is -2.35. The van der Waals surface area contributed by atoms with E-state index in [1.54, 1.807) is 0 Å². The van der Waals surface area contributed by atoms with E-state index < -0.39 is 23.4 Å². The largest absolute Gasteiger partial charge is 0.419 e. The van der Waals surface area contributed by atoms with Gasteiger partial charge in [-0.3, -0.25) is 0 Å². The monoisotopic (exact) mass is 237 g/mol. The van der Waals surface area contributed by atoms with Crippen LogP contribution in [0.5, 0.6) is 0 Å². The number of alkyl halides is 3. The fourth-order valence-corrected chi connectivity index (χ4v) is 1.61. The van der Waals surface area contributed by atoms with Gasteiger partial charge in [0.1, 0.15) is 0 Å². The molecule has 1 nitrogen and oxygen atoms in total. The molecule has 2 rings (SSSR count). The van der Waals surface area contributed by atoms with Crippen LogP contribution in [0.1, 0.15) is 23.6 Å². The van der Waals surface area contributed by atoms with Crippen LogP contribution in [-0.2, 0) is 6.18 Å². The van der Waals surface area contributed by atoms with Crippen LogP contribution in [0, 0.1) is 11.6 Å². The molecule has 1 atom stereocenters. The van der Waals surface area contributed by atoms with Crippen molar-refractivity contribution >= 4 is 0 Å². The molecule has 0 aliphatic carbocycles. The molecule has 1 aliphatic heterocycles. The second-order valence-corrected chi connectivity index (χ2v) is 3.62. The van der Waals surface area contributed by atoms with Crippen molar-refractivity contribution < 1.29 is 22.0 Å². The molecule has 0 radical (unpaired) electrons. The van der Waals surface area contributed by atoms with Crippen molar-refractivity contribution in [2.45, 2.75) is 18.6 Å². The number of rotatable bonds is 1. The van der Waals surface area contributed by atoms with Crippen LogP contribution in [0.4, 0.5) is 22.0 Å². The molecule has 1 N–H and O–H groups in total. The Morgan fingerprint density at radius 2 is 1.75 bits per heavy atom. The predicted octanol–water partition coefficient (Wildman–Crippen LogP) is 3.02. The fraction of sp³-hybridized carbons (Fsp3) is 0.400. The lowest BCUT2D eigenvalue weighted by molar-refractivity contribution is -0.140. The predicted molar refractivity (Wildman–Crippen MR) is 46.7 cm³/mol. The molecule has 0 amide bonds. The number of hydrogen-bond donors (Lipinski definition) is 1. The van der Waals surface area contributed by atoms with Gasteiger partial charge in [0.05, 0.1) is 5.56 Å². The summed E-state index contributed by atoms with van der Waals surface area (Å²) in [6, 6.07) is 1.18. The van der Waals surface area contributed by atoms with Gasteiger partial charge in [-0.1, -0.05) is 6.07 Å². The minimum Gasteiger partial charge on any atom is -0.310 e. The van der Waals surface area contributed by atoms with Gasteiger partial charge in [-0.05, 0) is 19.0 Å². The van der Waals surface area contributed by atoms with E-state index in [4.69, 9.17) is 0 Å².